The van der Waals surface area contributed by atoms with Crippen LogP contribution in [0.1, 0.15) is 0 Å². The number of rotatable bonds is 6. The van der Waals surface area contributed by atoms with Crippen molar-refractivity contribution in [2.75, 3.05) is 0 Å². The minimum Gasteiger partial charge on any atom is -0.214 e. The Morgan fingerprint density at radius 3 is 1.22 bits per heavy atom. The molecule has 0 heterocycles. The zero-order valence-electron chi connectivity index (χ0n) is 20.4. The van der Waals surface area contributed by atoms with Gasteiger partial charge >= 0.3 is 17.1 Å². The predicted molar refractivity (Wildman–Crippen MR) is 161 cm³/mol. The molecular formula is C34H28FeP2. The molecule has 0 amide bonds. The van der Waals surface area contributed by atoms with Crippen LogP contribution in [0.2, 0.25) is 0 Å². The molecule has 0 fully saturated rings. The monoisotopic (exact) mass is 554 g/mol. The molecule has 0 aromatic heterocycles. The molecular weight excluding hydrogens is 526 g/mol. The Balaban J connectivity index is 0.000000479. The van der Waals surface area contributed by atoms with Crippen molar-refractivity contribution in [3.8, 4) is 0 Å². The largest absolute Gasteiger partial charge is 2.00 e. The number of hydrogen-bond acceptors (Lipinski definition) is 0. The van der Waals surface area contributed by atoms with Gasteiger partial charge < -0.3 is 0 Å². The summed E-state index contributed by atoms with van der Waals surface area (Å²) in [5, 5.41) is 8.51. The topological polar surface area (TPSA) is 0 Å². The van der Waals surface area contributed by atoms with Crippen molar-refractivity contribution in [1.82, 2.24) is 0 Å². The van der Waals surface area contributed by atoms with E-state index in [1.54, 1.807) is 0 Å². The first-order valence-corrected chi connectivity index (χ1v) is 14.8. The fourth-order valence-corrected chi connectivity index (χ4v) is 9.53. The molecule has 0 saturated heterocycles. The molecule has 6 aromatic carbocycles. The summed E-state index contributed by atoms with van der Waals surface area (Å²) < 4.78 is 0. The Kier molecular flexibility index (Phi) is 10.3. The van der Waals surface area contributed by atoms with Crippen molar-refractivity contribution < 1.29 is 17.1 Å². The standard InChI is InChI=1S/C29H23P2.C5H5.Fe/c1-5-14-24(15-6-1)30(25-16-7-2-8-17-25)28-22-13-23-29(28)31(26-18-9-3-10-19-26)27-20-11-4-12-21-27;1-2-4-5-3-1;/h1-23H;1-5H;/q2*-1;+2. The molecule has 0 atom stereocenters. The Bertz CT molecular complexity index is 1220. The molecule has 0 aliphatic carbocycles. The van der Waals surface area contributed by atoms with E-state index < -0.39 is 15.8 Å². The molecule has 0 aliphatic rings. The van der Waals surface area contributed by atoms with Crippen LogP contribution in [0.25, 0.3) is 0 Å². The van der Waals surface area contributed by atoms with Gasteiger partial charge in [-0.15, -0.1) is 10.6 Å². The first-order valence-electron chi connectivity index (χ1n) is 12.1. The molecule has 6 aromatic rings. The van der Waals surface area contributed by atoms with Gasteiger partial charge in [0.2, 0.25) is 0 Å². The fourth-order valence-electron chi connectivity index (χ4n) is 4.26. The van der Waals surface area contributed by atoms with Gasteiger partial charge in [0.1, 0.15) is 0 Å². The third kappa shape index (κ3) is 6.84. The summed E-state index contributed by atoms with van der Waals surface area (Å²) in [6.07, 6.45) is 0. The number of benzene rings is 4. The van der Waals surface area contributed by atoms with E-state index in [1.807, 2.05) is 30.3 Å². The maximum absolute atomic E-state index is 2.35. The second-order valence-corrected chi connectivity index (χ2v) is 12.6. The molecule has 6 rings (SSSR count). The number of hydrogen-bond donors (Lipinski definition) is 0. The van der Waals surface area contributed by atoms with Crippen LogP contribution in [0.15, 0.2) is 170 Å². The van der Waals surface area contributed by atoms with Gasteiger partial charge in [0.05, 0.1) is 0 Å². The normalized spacial score (nSPS) is 10.4. The molecule has 0 aliphatic heterocycles. The first kappa shape index (κ1) is 27.0. The summed E-state index contributed by atoms with van der Waals surface area (Å²) in [4.78, 5) is 0. The fraction of sp³-hybridized carbons (Fsp3) is 0. The average Bonchev–Trinajstić information content (AvgIpc) is 3.68. The molecule has 3 heteroatoms. The molecule has 0 nitrogen and oxygen atoms in total. The van der Waals surface area contributed by atoms with Gasteiger partial charge in [0.25, 0.3) is 0 Å². The first-order chi connectivity index (χ1) is 17.9. The summed E-state index contributed by atoms with van der Waals surface area (Å²) >= 11 is 0. The molecule has 0 N–H and O–H groups in total. The Hall–Kier alpha value is -3.04. The van der Waals surface area contributed by atoms with E-state index in [4.69, 9.17) is 0 Å². The van der Waals surface area contributed by atoms with Gasteiger partial charge in [-0.1, -0.05) is 129 Å². The molecule has 0 saturated carbocycles. The minimum absolute atomic E-state index is 0. The van der Waals surface area contributed by atoms with Crippen LogP contribution in [0.3, 0.4) is 0 Å². The van der Waals surface area contributed by atoms with E-state index in [1.165, 1.54) is 31.8 Å². The maximum atomic E-state index is 2.35. The Labute approximate surface area is 233 Å². The maximum Gasteiger partial charge on any atom is 2.00 e. The van der Waals surface area contributed by atoms with Gasteiger partial charge in [0.15, 0.2) is 0 Å². The van der Waals surface area contributed by atoms with Gasteiger partial charge in [0, 0.05) is 0 Å². The van der Waals surface area contributed by atoms with E-state index in [-0.39, 0.29) is 17.1 Å². The molecule has 37 heavy (non-hydrogen) atoms. The van der Waals surface area contributed by atoms with Crippen LogP contribution in [-0.2, 0) is 17.1 Å². The van der Waals surface area contributed by atoms with E-state index in [9.17, 15) is 0 Å². The smallest absolute Gasteiger partial charge is 0.214 e. The van der Waals surface area contributed by atoms with Gasteiger partial charge in [-0.05, 0) is 29.1 Å². The van der Waals surface area contributed by atoms with E-state index in [2.05, 4.69) is 140 Å². The van der Waals surface area contributed by atoms with Crippen LogP contribution in [0.4, 0.5) is 0 Å². The van der Waals surface area contributed by atoms with Crippen molar-refractivity contribution in [2.45, 2.75) is 0 Å². The minimum atomic E-state index is -0.627. The van der Waals surface area contributed by atoms with Crippen LogP contribution in [0.5, 0.6) is 0 Å². The van der Waals surface area contributed by atoms with Crippen LogP contribution in [0, 0.1) is 0 Å². The zero-order valence-corrected chi connectivity index (χ0v) is 23.3. The summed E-state index contributed by atoms with van der Waals surface area (Å²) in [7, 11) is -1.25. The quantitative estimate of drug-likeness (QED) is 0.128. The van der Waals surface area contributed by atoms with Gasteiger partial charge in [-0.2, -0.15) is 24.3 Å². The molecule has 0 radical (unpaired) electrons. The molecule has 182 valence electrons. The second-order valence-electron chi connectivity index (χ2n) is 8.27. The second kappa shape index (κ2) is 14.0. The predicted octanol–water partition coefficient (Wildman–Crippen LogP) is 6.32. The molecule has 0 spiro atoms. The molecule has 0 unspecified atom stereocenters. The van der Waals surface area contributed by atoms with E-state index in [0.717, 1.165) is 0 Å². The van der Waals surface area contributed by atoms with Crippen molar-refractivity contribution in [3.05, 3.63) is 170 Å². The van der Waals surface area contributed by atoms with Crippen molar-refractivity contribution in [1.29, 1.82) is 0 Å². The summed E-state index contributed by atoms with van der Waals surface area (Å²) in [5.74, 6) is 0. The third-order valence-corrected chi connectivity index (χ3v) is 11.0. The van der Waals surface area contributed by atoms with Gasteiger partial charge in [-0.25, -0.2) is 24.3 Å². The summed E-state index contributed by atoms with van der Waals surface area (Å²) in [6, 6.07) is 60.9. The average molecular weight is 554 g/mol. The summed E-state index contributed by atoms with van der Waals surface area (Å²) in [5.41, 5.74) is 0. The summed E-state index contributed by atoms with van der Waals surface area (Å²) in [6.45, 7) is 0. The SMILES string of the molecule is [Fe+2].c1cc[cH-]c1.c1ccc(P(c2ccccc2)c2ccc[c-]2P(c2ccccc2)c2ccccc2)cc1. The van der Waals surface area contributed by atoms with Crippen LogP contribution < -0.4 is 31.8 Å². The third-order valence-electron chi connectivity index (χ3n) is 5.87. The van der Waals surface area contributed by atoms with Crippen molar-refractivity contribution in [2.24, 2.45) is 0 Å². The van der Waals surface area contributed by atoms with Crippen LogP contribution >= 0.6 is 15.8 Å². The van der Waals surface area contributed by atoms with E-state index >= 15 is 0 Å². The van der Waals surface area contributed by atoms with Crippen molar-refractivity contribution >= 4 is 47.7 Å². The van der Waals surface area contributed by atoms with Crippen molar-refractivity contribution in [3.63, 3.8) is 0 Å². The van der Waals surface area contributed by atoms with Gasteiger partial charge in [-0.3, -0.25) is 0 Å². The zero-order chi connectivity index (χ0) is 24.4. The Morgan fingerprint density at radius 2 is 0.838 bits per heavy atom. The van der Waals surface area contributed by atoms with Crippen LogP contribution in [-0.4, -0.2) is 0 Å². The molecule has 0 bridgehead atoms. The Morgan fingerprint density at radius 1 is 0.432 bits per heavy atom. The van der Waals surface area contributed by atoms with E-state index in [0.29, 0.717) is 0 Å².